The fraction of sp³-hybridized carbons (Fsp3) is 0.533. The summed E-state index contributed by atoms with van der Waals surface area (Å²) in [5, 5.41) is 5.01. The Balaban J connectivity index is 2.73. The topological polar surface area (TPSA) is 81.7 Å². The molecule has 0 bridgehead atoms. The largest absolute Gasteiger partial charge is 0.466 e. The predicted molar refractivity (Wildman–Crippen MR) is 90.7 cm³/mol. The summed E-state index contributed by atoms with van der Waals surface area (Å²) in [6.07, 6.45) is 0.170. The summed E-state index contributed by atoms with van der Waals surface area (Å²) in [6.45, 7) is 3.87. The average Bonchev–Trinajstić information content (AvgIpc) is 3.00. The molecule has 1 N–H and O–H groups in total. The molecule has 0 aliphatic heterocycles. The first kappa shape index (κ1) is 19.6. The molecular formula is C15H20BrNO5S. The Labute approximate surface area is 147 Å². The number of carbonyl (C=O) groups excluding carboxylic acids is 3. The number of carbonyl (C=O) groups is 3. The number of amides is 1. The van der Waals surface area contributed by atoms with Gasteiger partial charge in [-0.25, -0.2) is 4.79 Å². The predicted octanol–water partition coefficient (Wildman–Crippen LogP) is 2.65. The molecule has 1 rings (SSSR count). The molecular weight excluding hydrogens is 386 g/mol. The molecule has 0 aliphatic rings. The van der Waals surface area contributed by atoms with Crippen molar-refractivity contribution in [3.05, 3.63) is 21.9 Å². The average molecular weight is 406 g/mol. The first-order valence-electron chi connectivity index (χ1n) is 7.28. The Morgan fingerprint density at radius 3 is 2.57 bits per heavy atom. The lowest BCUT2D eigenvalue weighted by atomic mass is 10.1. The standard InChI is InChI=1S/C15H20BrNO5S/c1-3-21-13(18)6-5-11(15(20)22-4-2)17-14(19)10-7-8-23-12(10)9-16/h7-8,11H,3-6,9H2,1-2H3,(H,17,19)/t11-/m0/s1. The summed E-state index contributed by atoms with van der Waals surface area (Å²) in [5.41, 5.74) is 0.511. The highest BCUT2D eigenvalue weighted by atomic mass is 79.9. The van der Waals surface area contributed by atoms with E-state index in [4.69, 9.17) is 9.47 Å². The zero-order chi connectivity index (χ0) is 17.2. The van der Waals surface area contributed by atoms with Gasteiger partial charge in [-0.2, -0.15) is 0 Å². The maximum Gasteiger partial charge on any atom is 0.328 e. The van der Waals surface area contributed by atoms with Crippen molar-refractivity contribution in [2.45, 2.75) is 38.1 Å². The molecule has 1 atom stereocenters. The van der Waals surface area contributed by atoms with E-state index in [0.717, 1.165) is 4.88 Å². The molecule has 0 saturated heterocycles. The summed E-state index contributed by atoms with van der Waals surface area (Å²) in [4.78, 5) is 36.6. The van der Waals surface area contributed by atoms with Crippen LogP contribution in [0.5, 0.6) is 0 Å². The first-order chi connectivity index (χ1) is 11.0. The second-order valence-corrected chi connectivity index (χ2v) is 6.07. The van der Waals surface area contributed by atoms with Crippen molar-refractivity contribution in [1.29, 1.82) is 0 Å². The molecule has 6 nitrogen and oxygen atoms in total. The maximum absolute atomic E-state index is 12.3. The number of halogens is 1. The lowest BCUT2D eigenvalue weighted by Crippen LogP contribution is -2.42. The number of esters is 2. The normalized spacial score (nSPS) is 11.6. The zero-order valence-electron chi connectivity index (χ0n) is 13.1. The minimum Gasteiger partial charge on any atom is -0.466 e. The minimum atomic E-state index is -0.880. The highest BCUT2D eigenvalue weighted by molar-refractivity contribution is 9.08. The lowest BCUT2D eigenvalue weighted by molar-refractivity contribution is -0.146. The molecule has 0 fully saturated rings. The van der Waals surface area contributed by atoms with Gasteiger partial charge in [0.15, 0.2) is 0 Å². The third-order valence-electron chi connectivity index (χ3n) is 2.93. The second kappa shape index (κ2) is 10.4. The Kier molecular flexibility index (Phi) is 8.86. The van der Waals surface area contributed by atoms with Crippen LogP contribution in [0.1, 0.15) is 41.9 Å². The molecule has 1 aromatic heterocycles. The van der Waals surface area contributed by atoms with Crippen molar-refractivity contribution >= 4 is 45.1 Å². The van der Waals surface area contributed by atoms with Gasteiger partial charge in [-0.05, 0) is 31.7 Å². The highest BCUT2D eigenvalue weighted by Gasteiger charge is 2.25. The van der Waals surface area contributed by atoms with Crippen molar-refractivity contribution in [3.8, 4) is 0 Å². The van der Waals surface area contributed by atoms with Crippen molar-refractivity contribution in [1.82, 2.24) is 5.32 Å². The van der Waals surface area contributed by atoms with Crippen LogP contribution in [-0.2, 0) is 24.4 Å². The van der Waals surface area contributed by atoms with Gasteiger partial charge in [-0.1, -0.05) is 15.9 Å². The lowest BCUT2D eigenvalue weighted by Gasteiger charge is -2.17. The molecule has 128 valence electrons. The number of thiophene rings is 1. The summed E-state index contributed by atoms with van der Waals surface area (Å²) < 4.78 is 9.80. The first-order valence-corrected chi connectivity index (χ1v) is 9.29. The van der Waals surface area contributed by atoms with Gasteiger partial charge in [0, 0.05) is 16.6 Å². The Hall–Kier alpha value is -1.41. The van der Waals surface area contributed by atoms with Gasteiger partial charge in [0.2, 0.25) is 0 Å². The van der Waals surface area contributed by atoms with E-state index in [0.29, 0.717) is 10.9 Å². The van der Waals surface area contributed by atoms with Gasteiger partial charge in [0.25, 0.3) is 5.91 Å². The fourth-order valence-electron chi connectivity index (χ4n) is 1.87. The van der Waals surface area contributed by atoms with Gasteiger partial charge in [-0.3, -0.25) is 9.59 Å². The van der Waals surface area contributed by atoms with Crippen LogP contribution >= 0.6 is 27.3 Å². The number of nitrogens with one attached hydrogen (secondary N) is 1. The quantitative estimate of drug-likeness (QED) is 0.504. The van der Waals surface area contributed by atoms with Gasteiger partial charge in [0.1, 0.15) is 6.04 Å². The van der Waals surface area contributed by atoms with Crippen LogP contribution in [0.15, 0.2) is 11.4 Å². The van der Waals surface area contributed by atoms with E-state index in [1.807, 2.05) is 5.38 Å². The van der Waals surface area contributed by atoms with Crippen LogP contribution < -0.4 is 5.32 Å². The Morgan fingerprint density at radius 2 is 1.96 bits per heavy atom. The van der Waals surface area contributed by atoms with Gasteiger partial charge >= 0.3 is 11.9 Å². The molecule has 0 aromatic carbocycles. The molecule has 1 aromatic rings. The summed E-state index contributed by atoms with van der Waals surface area (Å²) >= 11 is 4.77. The van der Waals surface area contributed by atoms with Crippen molar-refractivity contribution in [3.63, 3.8) is 0 Å². The molecule has 8 heteroatoms. The molecule has 0 aliphatic carbocycles. The van der Waals surface area contributed by atoms with E-state index >= 15 is 0 Å². The monoisotopic (exact) mass is 405 g/mol. The SMILES string of the molecule is CCOC(=O)CC[C@H](NC(=O)c1ccsc1CBr)C(=O)OCC. The van der Waals surface area contributed by atoms with E-state index in [-0.39, 0.29) is 32.0 Å². The van der Waals surface area contributed by atoms with Crippen molar-refractivity contribution in [2.75, 3.05) is 13.2 Å². The summed E-state index contributed by atoms with van der Waals surface area (Å²) in [7, 11) is 0. The van der Waals surface area contributed by atoms with Crippen LogP contribution in [0, 0.1) is 0 Å². The highest BCUT2D eigenvalue weighted by Crippen LogP contribution is 2.20. The van der Waals surface area contributed by atoms with Crippen LogP contribution in [0.2, 0.25) is 0 Å². The third-order valence-corrected chi connectivity index (χ3v) is 4.78. The molecule has 0 spiro atoms. The number of rotatable bonds is 9. The second-order valence-electron chi connectivity index (χ2n) is 4.51. The Morgan fingerprint density at radius 1 is 1.26 bits per heavy atom. The molecule has 0 saturated carbocycles. The molecule has 23 heavy (non-hydrogen) atoms. The molecule has 0 unspecified atom stereocenters. The summed E-state index contributed by atoms with van der Waals surface area (Å²) in [6, 6.07) is 0.819. The molecule has 1 heterocycles. The van der Waals surface area contributed by atoms with E-state index in [1.54, 1.807) is 19.9 Å². The minimum absolute atomic E-state index is 0.0343. The van der Waals surface area contributed by atoms with Gasteiger partial charge in [0.05, 0.1) is 18.8 Å². The Bertz CT molecular complexity index is 546. The van der Waals surface area contributed by atoms with Gasteiger partial charge < -0.3 is 14.8 Å². The zero-order valence-corrected chi connectivity index (χ0v) is 15.5. The number of alkyl halides is 1. The van der Waals surface area contributed by atoms with E-state index in [1.165, 1.54) is 11.3 Å². The van der Waals surface area contributed by atoms with Crippen LogP contribution in [0.4, 0.5) is 0 Å². The maximum atomic E-state index is 12.3. The third kappa shape index (κ3) is 6.31. The molecule has 1 amide bonds. The number of ether oxygens (including phenoxy) is 2. The van der Waals surface area contributed by atoms with E-state index in [2.05, 4.69) is 21.2 Å². The summed E-state index contributed by atoms with van der Waals surface area (Å²) in [5.74, 6) is -1.32. The van der Waals surface area contributed by atoms with Crippen molar-refractivity contribution < 1.29 is 23.9 Å². The number of hydrogen-bond acceptors (Lipinski definition) is 6. The van der Waals surface area contributed by atoms with E-state index in [9.17, 15) is 14.4 Å². The molecule has 0 radical (unpaired) electrons. The van der Waals surface area contributed by atoms with E-state index < -0.39 is 18.0 Å². The van der Waals surface area contributed by atoms with Crippen LogP contribution in [-0.4, -0.2) is 37.1 Å². The smallest absolute Gasteiger partial charge is 0.328 e. The number of hydrogen-bond donors (Lipinski definition) is 1. The van der Waals surface area contributed by atoms with Crippen molar-refractivity contribution in [2.24, 2.45) is 0 Å². The van der Waals surface area contributed by atoms with Crippen LogP contribution in [0.25, 0.3) is 0 Å². The van der Waals surface area contributed by atoms with Gasteiger partial charge in [-0.15, -0.1) is 11.3 Å². The van der Waals surface area contributed by atoms with Crippen LogP contribution in [0.3, 0.4) is 0 Å². The fourth-order valence-corrected chi connectivity index (χ4v) is 3.29.